The molecule has 0 aromatic heterocycles. The number of carbonyl (C=O) groups excluding carboxylic acids is 8. The fraction of sp³-hybridized carbons (Fsp3) is 0.193. The third-order valence-corrected chi connectivity index (χ3v) is 36.3. The van der Waals surface area contributed by atoms with Crippen molar-refractivity contribution in [2.24, 2.45) is 5.16 Å². The summed E-state index contributed by atoms with van der Waals surface area (Å²) in [5.74, 6) is -1.41. The van der Waals surface area contributed by atoms with E-state index < -0.39 is 5.97 Å². The number of fused-ring (bicyclic) bond motifs is 14. The van der Waals surface area contributed by atoms with E-state index in [1.807, 2.05) is 200 Å². The fourth-order valence-electron chi connectivity index (χ4n) is 19.1. The smallest absolute Gasteiger partial charge is 0.370 e. The number of para-hydroxylation sites is 4. The van der Waals surface area contributed by atoms with E-state index in [0.29, 0.717) is 91.8 Å². The Hall–Kier alpha value is -14.0. The molecule has 10 heterocycles. The Labute approximate surface area is 912 Å². The van der Waals surface area contributed by atoms with Crippen molar-refractivity contribution in [1.82, 2.24) is 14.7 Å². The minimum absolute atomic E-state index is 0.0130. The molecule has 4 amide bonds. The van der Waals surface area contributed by atoms with Crippen LogP contribution >= 0.6 is 107 Å². The van der Waals surface area contributed by atoms with Crippen LogP contribution in [0.1, 0.15) is 104 Å². The van der Waals surface area contributed by atoms with Gasteiger partial charge in [-0.25, -0.2) is 4.79 Å². The van der Waals surface area contributed by atoms with E-state index in [0.717, 1.165) is 146 Å². The summed E-state index contributed by atoms with van der Waals surface area (Å²) in [5.41, 5.74) is 14.0. The first-order valence-corrected chi connectivity index (χ1v) is 56.0. The second kappa shape index (κ2) is 46.2. The maximum atomic E-state index is 13.5. The van der Waals surface area contributed by atoms with Crippen molar-refractivity contribution in [3.63, 3.8) is 0 Å². The molecule has 150 heavy (non-hydrogen) atoms. The standard InChI is InChI=1S/C24H27N3O2S2.C22H24N2O2S3.C21H15NOS.C18H14N2O2S.C17H12N2O2S.C17H12N2OS/c1-4-6-14-26-21(28)19(22(29)27(24(26)30)15-7-5-2)23-25(3)20-17-11-9-8-10-16(17)12-13-18(20)31-23;1-3-5-13-26-14-12-24-17-11-10-15-8-6-7-9-16(15)18(17)28-21(24)19-20(25)23(4-2)22(27)29-19;1-22-20-16-9-5-2-6-13(16)10-11-18(20)24-21(22)19-15-8-4-3-7-14(15)12-17(19)23;1-19-12-8-4-3-7-11(12)16(21)15(17(19)22)18-20(2)13-9-5-6-10-14(13)23-18;1-19-12-9-5-6-10-13(12)22-16(19)14-15(18-21-17(14)20)11-7-3-2-4-8-11;1-19-14-9-5-6-10-15(14)21-17(19)13(11-18)16(20)12-7-3-2-4-8-12/h8-13H,4-7,14-15H2,1-3H3;6-11H,3-5,12-14H2,1-2H3;2-11H,12H2,1H3;3-10H,1-2H3;2-10H,1H3;2-10H,1H3/b;2*21-19-;18-15-;16-14+;17-13+. The number of likely N-dealkylation sites (N-methyl/N-ethyl adjacent to an activating group) is 2. The number of anilines is 7. The van der Waals surface area contributed by atoms with Gasteiger partial charge in [-0.05, 0) is 138 Å². The number of thioether (sulfide) groups is 7. The first-order chi connectivity index (χ1) is 72.9. The number of benzene rings is 13. The molecule has 24 rings (SSSR count). The van der Waals surface area contributed by atoms with Crippen LogP contribution < -0.4 is 34.3 Å². The van der Waals surface area contributed by atoms with Gasteiger partial charge in [0.25, 0.3) is 23.6 Å². The number of hydrogen-bond donors (Lipinski definition) is 0. The van der Waals surface area contributed by atoms with Crippen LogP contribution in [0, 0.1) is 11.3 Å². The number of ketones is 3. The number of nitrogens with zero attached hydrogens (tertiary/aromatic N) is 12. The Balaban J connectivity index is 0.000000113. The lowest BCUT2D eigenvalue weighted by Gasteiger charge is -2.37. The van der Waals surface area contributed by atoms with Gasteiger partial charge in [0.2, 0.25) is 11.6 Å². The van der Waals surface area contributed by atoms with Crippen LogP contribution in [0.4, 0.5) is 39.8 Å². The van der Waals surface area contributed by atoms with Crippen LogP contribution in [0.5, 0.6) is 0 Å². The Kier molecular flexibility index (Phi) is 32.2. The molecule has 0 bridgehead atoms. The van der Waals surface area contributed by atoms with E-state index >= 15 is 0 Å². The number of hydrogen-bond acceptors (Lipinski definition) is 27. The van der Waals surface area contributed by atoms with Crippen LogP contribution in [-0.4, -0.2) is 158 Å². The summed E-state index contributed by atoms with van der Waals surface area (Å²) in [5, 5.41) is 25.9. The van der Waals surface area contributed by atoms with Crippen molar-refractivity contribution >= 4 is 247 Å². The number of Topliss-reactive ketones (excluding diaryl/α,β-unsaturated/α-hetero) is 3. The molecular weight excluding hydrogens is 2050 g/mol. The summed E-state index contributed by atoms with van der Waals surface area (Å²) in [7, 11) is 11.4. The van der Waals surface area contributed by atoms with Gasteiger partial charge in [0, 0.05) is 138 Å². The summed E-state index contributed by atoms with van der Waals surface area (Å²) in [6.45, 7) is 12.1. The maximum absolute atomic E-state index is 13.5. The molecule has 2 fully saturated rings. The highest BCUT2D eigenvalue weighted by atomic mass is 32.2. The third-order valence-electron chi connectivity index (χ3n) is 26.9. The van der Waals surface area contributed by atoms with Gasteiger partial charge in [-0.3, -0.25) is 48.3 Å². The average molecular weight is 2150 g/mol. The molecule has 13 aromatic rings. The number of oxime groups is 1. The van der Waals surface area contributed by atoms with E-state index in [1.54, 1.807) is 98.3 Å². The molecule has 754 valence electrons. The summed E-state index contributed by atoms with van der Waals surface area (Å²) in [4.78, 5) is 134. The summed E-state index contributed by atoms with van der Waals surface area (Å²) >= 11 is 21.8. The van der Waals surface area contributed by atoms with Gasteiger partial charge in [0.1, 0.15) is 53.4 Å². The molecule has 0 spiro atoms. The van der Waals surface area contributed by atoms with Crippen molar-refractivity contribution in [3.8, 4) is 6.07 Å². The Morgan fingerprint density at radius 2 is 0.867 bits per heavy atom. The second-order valence-electron chi connectivity index (χ2n) is 36.1. The van der Waals surface area contributed by atoms with Gasteiger partial charge in [0.05, 0.1) is 72.1 Å². The highest BCUT2D eigenvalue weighted by molar-refractivity contribution is 8.27. The van der Waals surface area contributed by atoms with Crippen molar-refractivity contribution in [2.75, 3.05) is 116 Å². The predicted octanol–water partition coefficient (Wildman–Crippen LogP) is 26.2. The number of amides is 4. The molecule has 0 N–H and O–H groups in total. The van der Waals surface area contributed by atoms with Gasteiger partial charge in [-0.15, -0.1) is 0 Å². The molecule has 10 aliphatic heterocycles. The van der Waals surface area contributed by atoms with Crippen LogP contribution in [0.2, 0.25) is 0 Å². The van der Waals surface area contributed by atoms with Crippen LogP contribution in [-0.2, 0) is 44.8 Å². The third kappa shape index (κ3) is 20.4. The molecule has 2 saturated heterocycles. The molecule has 0 atom stereocenters. The lowest BCUT2D eigenvalue weighted by molar-refractivity contribution is -0.137. The molecule has 31 heteroatoms. The molecule has 13 aromatic carbocycles. The Morgan fingerprint density at radius 3 is 1.42 bits per heavy atom. The van der Waals surface area contributed by atoms with E-state index in [-0.39, 0.29) is 57.7 Å². The molecular formula is C119H104N12O10S9. The first-order valence-electron chi connectivity index (χ1n) is 49.4. The zero-order valence-corrected chi connectivity index (χ0v) is 91.4. The zero-order chi connectivity index (χ0) is 105. The quantitative estimate of drug-likeness (QED) is 0.0167. The van der Waals surface area contributed by atoms with Gasteiger partial charge in [0.15, 0.2) is 10.9 Å². The van der Waals surface area contributed by atoms with E-state index in [4.69, 9.17) is 34.0 Å². The van der Waals surface area contributed by atoms with E-state index in [2.05, 4.69) is 158 Å². The molecule has 0 unspecified atom stereocenters. The number of nitriles is 1. The van der Waals surface area contributed by atoms with E-state index in [1.165, 1.54) is 84.1 Å². The lowest BCUT2D eigenvalue weighted by atomic mass is 9.96. The van der Waals surface area contributed by atoms with Gasteiger partial charge in [-0.2, -0.15) is 5.26 Å². The number of thiocarbonyl (C=S) groups is 2. The fourth-order valence-corrected chi connectivity index (χ4v) is 28.2. The highest BCUT2D eigenvalue weighted by Gasteiger charge is 2.47. The summed E-state index contributed by atoms with van der Waals surface area (Å²) < 4.78 is 6.48. The minimum Gasteiger partial charge on any atom is -0.380 e. The number of allylic oxidation sites excluding steroid dienone is 2. The normalized spacial score (nSPS) is 18.3. The Bertz CT molecular complexity index is 7980. The number of unbranched alkanes of at least 4 members (excludes halogenated alkanes) is 3. The first kappa shape index (κ1) is 105. The molecule has 0 saturated carbocycles. The zero-order valence-electron chi connectivity index (χ0n) is 84.0. The van der Waals surface area contributed by atoms with Gasteiger partial charge >= 0.3 is 5.97 Å². The van der Waals surface area contributed by atoms with Crippen molar-refractivity contribution in [1.29, 1.82) is 5.26 Å². The van der Waals surface area contributed by atoms with Crippen LogP contribution in [0.3, 0.4) is 0 Å². The van der Waals surface area contributed by atoms with Gasteiger partial charge < -0.3 is 43.9 Å². The number of ether oxygens (including phenoxy) is 1. The van der Waals surface area contributed by atoms with Crippen molar-refractivity contribution in [3.05, 3.63) is 376 Å². The van der Waals surface area contributed by atoms with Crippen molar-refractivity contribution < 1.29 is 47.9 Å². The minimum atomic E-state index is -0.402. The summed E-state index contributed by atoms with van der Waals surface area (Å²) in [6, 6.07) is 97.6. The second-order valence-corrected chi connectivity index (χ2v) is 44.3. The topological polar surface area (TPSA) is 224 Å². The highest BCUT2D eigenvalue weighted by Crippen LogP contribution is 2.58. The lowest BCUT2D eigenvalue weighted by Crippen LogP contribution is -2.57. The SMILES string of the molecule is CCCCN1C(=O)C(=C2Sc3ccc4ccccc4c3N2C)C(=O)N(CCCC)C1=S.CCCCOCCN1/C(=C2/SC(=S)N(CC)C2=O)Sc2c1ccc1ccccc21.CN1/C(=C(/C#N)C(=O)c2ccccc2)Sc2ccccc21.CN1/C(=C2/C(=O)Cc3ccccc32)Sc2ccc3ccccc3c21.CN1/C(=C2\C(=O)ON=C2c2ccccc2)Sc2ccccc21.CN1C(=O)/C(=C2\Sc3ccccc3N2C)C(=O)c2ccccc21. The molecule has 1 aliphatic carbocycles. The van der Waals surface area contributed by atoms with Crippen LogP contribution in [0.15, 0.2) is 383 Å². The number of carbonyl (C=O) groups is 8. The molecule has 0 radical (unpaired) electrons. The maximum Gasteiger partial charge on any atom is 0.370 e. The number of rotatable bonds is 16. The van der Waals surface area contributed by atoms with Crippen LogP contribution in [0.25, 0.3) is 37.9 Å². The van der Waals surface area contributed by atoms with Gasteiger partial charge in [-0.1, -0.05) is 364 Å². The van der Waals surface area contributed by atoms with E-state index in [9.17, 15) is 43.6 Å². The summed E-state index contributed by atoms with van der Waals surface area (Å²) in [6.07, 6.45) is 6.30. The largest absolute Gasteiger partial charge is 0.380 e. The monoisotopic (exact) mass is 2150 g/mol. The van der Waals surface area contributed by atoms with Crippen molar-refractivity contribution in [2.45, 2.75) is 102 Å². The molecule has 11 aliphatic rings. The molecule has 22 nitrogen and oxygen atoms in total. The predicted molar refractivity (Wildman–Crippen MR) is 622 cm³/mol. The average Bonchev–Trinajstić information content (AvgIpc) is 1.56. The Morgan fingerprint density at radius 1 is 0.393 bits per heavy atom.